The number of nitrogens with zero attached hydrogens (tertiary/aromatic N) is 1. The molecule has 0 aromatic carbocycles. The van der Waals surface area contributed by atoms with Crippen molar-refractivity contribution in [3.63, 3.8) is 0 Å². The molecule has 106 valence electrons. The minimum absolute atomic E-state index is 0.569. The molecule has 3 unspecified atom stereocenters. The van der Waals surface area contributed by atoms with Crippen LogP contribution in [0.4, 0.5) is 0 Å². The molecule has 0 radical (unpaired) electrons. The summed E-state index contributed by atoms with van der Waals surface area (Å²) in [7, 11) is 0. The topological polar surface area (TPSA) is 15.3 Å². The molecule has 1 saturated carbocycles. The Labute approximate surface area is 114 Å². The standard InChI is InChI=1S/C16H32N2/c1-5-18-10-6-7-14(12-18)13(2)17-15-8-9-16(3,4)11-15/h13-15,17H,5-12H2,1-4H3. The predicted octanol–water partition coefficient (Wildman–Crippen LogP) is 3.28. The van der Waals surface area contributed by atoms with Gasteiger partial charge < -0.3 is 10.2 Å². The lowest BCUT2D eigenvalue weighted by molar-refractivity contribution is 0.152. The third-order valence-corrected chi connectivity index (χ3v) is 5.16. The first-order chi connectivity index (χ1) is 8.50. The highest BCUT2D eigenvalue weighted by Gasteiger charge is 2.33. The van der Waals surface area contributed by atoms with E-state index in [2.05, 4.69) is 37.9 Å². The van der Waals surface area contributed by atoms with Crippen molar-refractivity contribution in [2.45, 2.75) is 71.9 Å². The van der Waals surface area contributed by atoms with Gasteiger partial charge in [-0.05, 0) is 63.5 Å². The van der Waals surface area contributed by atoms with E-state index in [-0.39, 0.29) is 0 Å². The number of piperidine rings is 1. The molecule has 2 nitrogen and oxygen atoms in total. The lowest BCUT2D eigenvalue weighted by Crippen LogP contribution is -2.47. The second-order valence-corrected chi connectivity index (χ2v) is 7.35. The van der Waals surface area contributed by atoms with Crippen molar-refractivity contribution in [2.75, 3.05) is 19.6 Å². The first-order valence-corrected chi connectivity index (χ1v) is 7.98. The smallest absolute Gasteiger partial charge is 0.00818 e. The van der Waals surface area contributed by atoms with E-state index in [0.29, 0.717) is 11.5 Å². The number of rotatable bonds is 4. The van der Waals surface area contributed by atoms with E-state index < -0.39 is 0 Å². The van der Waals surface area contributed by atoms with Crippen LogP contribution >= 0.6 is 0 Å². The average molecular weight is 252 g/mol. The molecule has 1 heterocycles. The highest BCUT2D eigenvalue weighted by atomic mass is 15.1. The average Bonchev–Trinajstić information content (AvgIpc) is 2.68. The van der Waals surface area contributed by atoms with Crippen LogP contribution in [0.15, 0.2) is 0 Å². The fourth-order valence-corrected chi connectivity index (χ4v) is 3.87. The van der Waals surface area contributed by atoms with Gasteiger partial charge in [0.05, 0.1) is 0 Å². The highest BCUT2D eigenvalue weighted by molar-refractivity contribution is 4.89. The number of likely N-dealkylation sites (tertiary alicyclic amines) is 1. The molecule has 2 heteroatoms. The lowest BCUT2D eigenvalue weighted by atomic mass is 9.90. The SMILES string of the molecule is CCN1CCCC(C(C)NC2CCC(C)(C)C2)C1. The van der Waals surface area contributed by atoms with Crippen LogP contribution in [-0.4, -0.2) is 36.6 Å². The summed E-state index contributed by atoms with van der Waals surface area (Å²) in [4.78, 5) is 2.62. The monoisotopic (exact) mass is 252 g/mol. The van der Waals surface area contributed by atoms with E-state index in [0.717, 1.165) is 12.0 Å². The Hall–Kier alpha value is -0.0800. The molecule has 3 atom stereocenters. The van der Waals surface area contributed by atoms with Crippen molar-refractivity contribution < 1.29 is 0 Å². The van der Waals surface area contributed by atoms with Crippen LogP contribution in [0, 0.1) is 11.3 Å². The second kappa shape index (κ2) is 5.92. The van der Waals surface area contributed by atoms with Crippen LogP contribution in [0.2, 0.25) is 0 Å². The number of hydrogen-bond acceptors (Lipinski definition) is 2. The van der Waals surface area contributed by atoms with Crippen molar-refractivity contribution in [1.82, 2.24) is 10.2 Å². The van der Waals surface area contributed by atoms with Gasteiger partial charge in [0.2, 0.25) is 0 Å². The Morgan fingerprint density at radius 2 is 2.11 bits per heavy atom. The zero-order valence-electron chi connectivity index (χ0n) is 12.8. The second-order valence-electron chi connectivity index (χ2n) is 7.35. The van der Waals surface area contributed by atoms with Crippen LogP contribution in [0.1, 0.15) is 59.8 Å². The molecule has 2 aliphatic rings. The van der Waals surface area contributed by atoms with Gasteiger partial charge in [0.25, 0.3) is 0 Å². The van der Waals surface area contributed by atoms with Crippen molar-refractivity contribution >= 4 is 0 Å². The van der Waals surface area contributed by atoms with Crippen LogP contribution < -0.4 is 5.32 Å². The normalized spacial score (nSPS) is 34.7. The zero-order valence-corrected chi connectivity index (χ0v) is 12.8. The van der Waals surface area contributed by atoms with Gasteiger partial charge >= 0.3 is 0 Å². The summed E-state index contributed by atoms with van der Waals surface area (Å²) in [6.45, 7) is 13.4. The molecular formula is C16H32N2. The van der Waals surface area contributed by atoms with Crippen molar-refractivity contribution in [3.8, 4) is 0 Å². The van der Waals surface area contributed by atoms with Gasteiger partial charge in [0.1, 0.15) is 0 Å². The van der Waals surface area contributed by atoms with Gasteiger partial charge in [-0.15, -0.1) is 0 Å². The maximum absolute atomic E-state index is 3.92. The molecule has 1 aliphatic carbocycles. The Morgan fingerprint density at radius 3 is 2.72 bits per heavy atom. The molecule has 1 saturated heterocycles. The van der Waals surface area contributed by atoms with Crippen molar-refractivity contribution in [1.29, 1.82) is 0 Å². The van der Waals surface area contributed by atoms with Crippen LogP contribution in [0.25, 0.3) is 0 Å². The van der Waals surface area contributed by atoms with Gasteiger partial charge in [0, 0.05) is 18.6 Å². The maximum atomic E-state index is 3.92. The predicted molar refractivity (Wildman–Crippen MR) is 78.9 cm³/mol. The first-order valence-electron chi connectivity index (χ1n) is 7.98. The summed E-state index contributed by atoms with van der Waals surface area (Å²) in [5, 5.41) is 3.92. The van der Waals surface area contributed by atoms with Crippen LogP contribution in [-0.2, 0) is 0 Å². The van der Waals surface area contributed by atoms with E-state index in [1.807, 2.05) is 0 Å². The fourth-order valence-electron chi connectivity index (χ4n) is 3.87. The summed E-state index contributed by atoms with van der Waals surface area (Å²) in [6, 6.07) is 1.46. The molecule has 0 aromatic heterocycles. The molecule has 1 N–H and O–H groups in total. The number of hydrogen-bond donors (Lipinski definition) is 1. The van der Waals surface area contributed by atoms with Crippen LogP contribution in [0.3, 0.4) is 0 Å². The molecule has 0 spiro atoms. The van der Waals surface area contributed by atoms with Crippen LogP contribution in [0.5, 0.6) is 0 Å². The minimum Gasteiger partial charge on any atom is -0.311 e. The highest BCUT2D eigenvalue weighted by Crippen LogP contribution is 2.37. The van der Waals surface area contributed by atoms with E-state index in [9.17, 15) is 0 Å². The Morgan fingerprint density at radius 1 is 1.33 bits per heavy atom. The fraction of sp³-hybridized carbons (Fsp3) is 1.00. The lowest BCUT2D eigenvalue weighted by Gasteiger charge is -2.36. The summed E-state index contributed by atoms with van der Waals surface area (Å²) in [5.74, 6) is 0.863. The largest absolute Gasteiger partial charge is 0.311 e. The zero-order chi connectivity index (χ0) is 13.2. The third-order valence-electron chi connectivity index (χ3n) is 5.16. The molecule has 2 fully saturated rings. The molecule has 1 aliphatic heterocycles. The van der Waals surface area contributed by atoms with E-state index >= 15 is 0 Å². The molecular weight excluding hydrogens is 220 g/mol. The van der Waals surface area contributed by atoms with E-state index in [4.69, 9.17) is 0 Å². The Kier molecular flexibility index (Phi) is 4.71. The van der Waals surface area contributed by atoms with Crippen molar-refractivity contribution in [2.24, 2.45) is 11.3 Å². The molecule has 0 aromatic rings. The minimum atomic E-state index is 0.569. The first kappa shape index (κ1) is 14.3. The quantitative estimate of drug-likeness (QED) is 0.826. The van der Waals surface area contributed by atoms with Gasteiger partial charge in [-0.2, -0.15) is 0 Å². The van der Waals surface area contributed by atoms with Crippen molar-refractivity contribution in [3.05, 3.63) is 0 Å². The molecule has 0 amide bonds. The summed E-state index contributed by atoms with van der Waals surface area (Å²) < 4.78 is 0. The maximum Gasteiger partial charge on any atom is 0.00818 e. The van der Waals surface area contributed by atoms with Gasteiger partial charge in [-0.25, -0.2) is 0 Å². The Balaban J connectivity index is 1.79. The third kappa shape index (κ3) is 3.71. The number of nitrogens with one attached hydrogen (secondary N) is 1. The molecule has 18 heavy (non-hydrogen) atoms. The van der Waals surface area contributed by atoms with Gasteiger partial charge in [-0.3, -0.25) is 0 Å². The molecule has 2 rings (SSSR count). The van der Waals surface area contributed by atoms with Gasteiger partial charge in [-0.1, -0.05) is 20.8 Å². The van der Waals surface area contributed by atoms with Gasteiger partial charge in [0.15, 0.2) is 0 Å². The summed E-state index contributed by atoms with van der Waals surface area (Å²) in [5.41, 5.74) is 0.569. The Bertz CT molecular complexity index is 262. The molecule has 0 bridgehead atoms. The van der Waals surface area contributed by atoms with E-state index in [1.165, 1.54) is 51.7 Å². The summed E-state index contributed by atoms with van der Waals surface area (Å²) in [6.07, 6.45) is 6.94. The van der Waals surface area contributed by atoms with E-state index in [1.54, 1.807) is 0 Å². The summed E-state index contributed by atoms with van der Waals surface area (Å²) >= 11 is 0.